The number of phenols is 1. The van der Waals surface area contributed by atoms with Crippen molar-refractivity contribution in [2.75, 3.05) is 25.1 Å². The maximum absolute atomic E-state index is 12.3. The lowest BCUT2D eigenvalue weighted by molar-refractivity contribution is 0.0952. The highest BCUT2D eigenvalue weighted by molar-refractivity contribution is 6.01. The summed E-state index contributed by atoms with van der Waals surface area (Å²) in [7, 11) is 1.90. The van der Waals surface area contributed by atoms with Gasteiger partial charge in [-0.15, -0.1) is 0 Å². The van der Waals surface area contributed by atoms with E-state index in [1.165, 1.54) is 6.21 Å². The number of benzene rings is 3. The van der Waals surface area contributed by atoms with Gasteiger partial charge in [-0.2, -0.15) is 5.10 Å². The predicted octanol–water partition coefficient (Wildman–Crippen LogP) is 2.74. The van der Waals surface area contributed by atoms with Crippen LogP contribution in [-0.2, 0) is 0 Å². The number of carbonyl (C=O) groups is 1. The number of likely N-dealkylation sites (N-methyl/N-ethyl adjacent to an activating group) is 1. The number of fused-ring (bicyclic) bond motifs is 1. The molecule has 0 atom stereocenters. The van der Waals surface area contributed by atoms with Gasteiger partial charge in [-0.3, -0.25) is 4.79 Å². The summed E-state index contributed by atoms with van der Waals surface area (Å²) in [5, 5.41) is 24.7. The molecule has 3 aromatic carbocycles. The van der Waals surface area contributed by atoms with Gasteiger partial charge in [0.2, 0.25) is 0 Å². The number of aliphatic hydroxyl groups is 1. The van der Waals surface area contributed by atoms with Gasteiger partial charge in [0.15, 0.2) is 0 Å². The number of amides is 1. The van der Waals surface area contributed by atoms with Crippen molar-refractivity contribution < 1.29 is 15.0 Å². The van der Waals surface area contributed by atoms with Crippen LogP contribution in [-0.4, -0.2) is 42.5 Å². The SMILES string of the molecule is CN(CCO)c1ccc(/C=N\NC(=O)c2cc3ccccc3cc2O)cc1. The Kier molecular flexibility index (Phi) is 5.68. The molecule has 0 aromatic heterocycles. The van der Waals surface area contributed by atoms with E-state index in [0.717, 1.165) is 22.0 Å². The minimum atomic E-state index is -0.478. The Bertz CT molecular complexity index is 968. The monoisotopic (exact) mass is 363 g/mol. The van der Waals surface area contributed by atoms with Crippen molar-refractivity contribution in [3.05, 3.63) is 71.8 Å². The smallest absolute Gasteiger partial charge is 0.275 e. The summed E-state index contributed by atoms with van der Waals surface area (Å²) in [6.07, 6.45) is 1.53. The summed E-state index contributed by atoms with van der Waals surface area (Å²) in [5.74, 6) is -0.563. The molecule has 0 aliphatic rings. The van der Waals surface area contributed by atoms with Gasteiger partial charge in [0.05, 0.1) is 18.4 Å². The van der Waals surface area contributed by atoms with E-state index in [1.54, 1.807) is 12.1 Å². The summed E-state index contributed by atoms with van der Waals surface area (Å²) >= 11 is 0. The molecule has 0 radical (unpaired) electrons. The number of aliphatic hydroxyl groups excluding tert-OH is 1. The molecule has 6 nitrogen and oxygen atoms in total. The van der Waals surface area contributed by atoms with E-state index in [1.807, 2.05) is 60.5 Å². The molecule has 0 aliphatic heterocycles. The quantitative estimate of drug-likeness (QED) is 0.464. The highest BCUT2D eigenvalue weighted by Gasteiger charge is 2.11. The summed E-state index contributed by atoms with van der Waals surface area (Å²) in [5.41, 5.74) is 4.41. The van der Waals surface area contributed by atoms with Crippen LogP contribution in [0.2, 0.25) is 0 Å². The number of nitrogens with one attached hydrogen (secondary N) is 1. The Labute approximate surface area is 157 Å². The van der Waals surface area contributed by atoms with E-state index in [0.29, 0.717) is 6.54 Å². The van der Waals surface area contributed by atoms with Gasteiger partial charge in [0.1, 0.15) is 5.75 Å². The zero-order valence-corrected chi connectivity index (χ0v) is 15.0. The molecule has 0 unspecified atom stereocenters. The van der Waals surface area contributed by atoms with Gasteiger partial charge in [0.25, 0.3) is 5.91 Å². The third kappa shape index (κ3) is 4.43. The van der Waals surface area contributed by atoms with Gasteiger partial charge >= 0.3 is 0 Å². The second-order valence-electron chi connectivity index (χ2n) is 6.15. The maximum atomic E-state index is 12.3. The second-order valence-corrected chi connectivity index (χ2v) is 6.15. The Hall–Kier alpha value is -3.38. The highest BCUT2D eigenvalue weighted by Crippen LogP contribution is 2.24. The number of phenolic OH excluding ortho intramolecular Hbond substituents is 1. The number of rotatable bonds is 6. The third-order valence-electron chi connectivity index (χ3n) is 4.26. The van der Waals surface area contributed by atoms with E-state index in [2.05, 4.69) is 10.5 Å². The summed E-state index contributed by atoms with van der Waals surface area (Å²) in [6, 6.07) is 18.3. The van der Waals surface area contributed by atoms with E-state index in [4.69, 9.17) is 5.11 Å². The highest BCUT2D eigenvalue weighted by atomic mass is 16.3. The molecule has 1 amide bonds. The Balaban J connectivity index is 1.67. The van der Waals surface area contributed by atoms with Gasteiger partial charge in [-0.1, -0.05) is 36.4 Å². The molecule has 0 bridgehead atoms. The molecule has 0 fully saturated rings. The molecule has 0 saturated carbocycles. The van der Waals surface area contributed by atoms with Crippen LogP contribution in [0.1, 0.15) is 15.9 Å². The van der Waals surface area contributed by atoms with Crippen molar-refractivity contribution in [3.8, 4) is 5.75 Å². The van der Waals surface area contributed by atoms with Gasteiger partial charge in [-0.25, -0.2) is 5.43 Å². The van der Waals surface area contributed by atoms with Crippen molar-refractivity contribution >= 4 is 28.6 Å². The summed E-state index contributed by atoms with van der Waals surface area (Å²) in [4.78, 5) is 14.2. The first-order chi connectivity index (χ1) is 13.1. The number of anilines is 1. The second kappa shape index (κ2) is 8.33. The third-order valence-corrected chi connectivity index (χ3v) is 4.26. The van der Waals surface area contributed by atoms with Crippen molar-refractivity contribution in [2.45, 2.75) is 0 Å². The van der Waals surface area contributed by atoms with E-state index in [-0.39, 0.29) is 17.9 Å². The fourth-order valence-corrected chi connectivity index (χ4v) is 2.73. The Morgan fingerprint density at radius 1 is 1.11 bits per heavy atom. The molecule has 0 heterocycles. The molecular formula is C21H21N3O3. The number of carbonyl (C=O) groups excluding carboxylic acids is 1. The summed E-state index contributed by atoms with van der Waals surface area (Å²) < 4.78 is 0. The molecular weight excluding hydrogens is 342 g/mol. The first-order valence-electron chi connectivity index (χ1n) is 8.55. The first-order valence-corrected chi connectivity index (χ1v) is 8.55. The minimum Gasteiger partial charge on any atom is -0.507 e. The lowest BCUT2D eigenvalue weighted by Gasteiger charge is -2.17. The molecule has 138 valence electrons. The van der Waals surface area contributed by atoms with Crippen LogP contribution in [0.15, 0.2) is 65.8 Å². The zero-order valence-electron chi connectivity index (χ0n) is 15.0. The van der Waals surface area contributed by atoms with Crippen molar-refractivity contribution in [1.82, 2.24) is 5.43 Å². The van der Waals surface area contributed by atoms with Crippen molar-refractivity contribution in [2.24, 2.45) is 5.10 Å². The lowest BCUT2D eigenvalue weighted by atomic mass is 10.1. The van der Waals surface area contributed by atoms with E-state index in [9.17, 15) is 9.90 Å². The zero-order chi connectivity index (χ0) is 19.2. The van der Waals surface area contributed by atoms with Crippen LogP contribution in [0.3, 0.4) is 0 Å². The molecule has 0 saturated heterocycles. The molecule has 0 spiro atoms. The molecule has 27 heavy (non-hydrogen) atoms. The van der Waals surface area contributed by atoms with Crippen LogP contribution < -0.4 is 10.3 Å². The number of aromatic hydroxyl groups is 1. The maximum Gasteiger partial charge on any atom is 0.275 e. The van der Waals surface area contributed by atoms with Crippen molar-refractivity contribution in [1.29, 1.82) is 0 Å². The van der Waals surface area contributed by atoms with Crippen LogP contribution in [0, 0.1) is 0 Å². The average Bonchev–Trinajstić information content (AvgIpc) is 2.68. The minimum absolute atomic E-state index is 0.0855. The number of hydrazone groups is 1. The van der Waals surface area contributed by atoms with Crippen LogP contribution in [0.5, 0.6) is 5.75 Å². The van der Waals surface area contributed by atoms with Gasteiger partial charge in [0, 0.05) is 19.3 Å². The van der Waals surface area contributed by atoms with Gasteiger partial charge < -0.3 is 15.1 Å². The molecule has 3 rings (SSSR count). The molecule has 3 N–H and O–H groups in total. The number of hydrogen-bond acceptors (Lipinski definition) is 5. The van der Waals surface area contributed by atoms with Crippen LogP contribution >= 0.6 is 0 Å². The fourth-order valence-electron chi connectivity index (χ4n) is 2.73. The summed E-state index contributed by atoms with van der Waals surface area (Å²) in [6.45, 7) is 0.645. The standard InChI is InChI=1S/C21H21N3O3/c1-24(10-11-25)18-8-6-15(7-9-18)14-22-23-21(27)19-12-16-4-2-3-5-17(16)13-20(19)26/h2-9,12-14,25-26H,10-11H2,1H3,(H,23,27)/b22-14-. The topological polar surface area (TPSA) is 85.2 Å². The fraction of sp³-hybridized carbons (Fsp3) is 0.143. The Morgan fingerprint density at radius 2 is 1.78 bits per heavy atom. The number of hydrogen-bond donors (Lipinski definition) is 3. The molecule has 0 aliphatic carbocycles. The molecule has 3 aromatic rings. The molecule has 6 heteroatoms. The van der Waals surface area contributed by atoms with Crippen LogP contribution in [0.25, 0.3) is 10.8 Å². The Morgan fingerprint density at radius 3 is 2.44 bits per heavy atom. The largest absolute Gasteiger partial charge is 0.507 e. The predicted molar refractivity (Wildman–Crippen MR) is 107 cm³/mol. The van der Waals surface area contributed by atoms with Crippen molar-refractivity contribution in [3.63, 3.8) is 0 Å². The van der Waals surface area contributed by atoms with Gasteiger partial charge in [-0.05, 0) is 40.6 Å². The van der Waals surface area contributed by atoms with E-state index >= 15 is 0 Å². The lowest BCUT2D eigenvalue weighted by Crippen LogP contribution is -2.20. The number of nitrogens with zero attached hydrogens (tertiary/aromatic N) is 2. The first kappa shape index (κ1) is 18.4. The normalized spacial score (nSPS) is 11.0. The van der Waals surface area contributed by atoms with Crippen LogP contribution in [0.4, 0.5) is 5.69 Å². The average molecular weight is 363 g/mol. The van der Waals surface area contributed by atoms with E-state index < -0.39 is 5.91 Å².